The summed E-state index contributed by atoms with van der Waals surface area (Å²) in [5.74, 6) is -1.05. The topological polar surface area (TPSA) is 104 Å². The zero-order valence-corrected chi connectivity index (χ0v) is 20.4. The fraction of sp³-hybridized carbons (Fsp3) is 0.292. The van der Waals surface area contributed by atoms with E-state index in [1.807, 2.05) is 32.0 Å². The highest BCUT2D eigenvalue weighted by atomic mass is 35.5. The number of hydrogen-bond donors (Lipinski definition) is 2. The molecular formula is C24H24ClN5O3S. The highest BCUT2D eigenvalue weighted by Gasteiger charge is 2.36. The van der Waals surface area contributed by atoms with Crippen molar-refractivity contribution in [3.05, 3.63) is 69.2 Å². The van der Waals surface area contributed by atoms with Crippen LogP contribution in [0.15, 0.2) is 42.5 Å². The molecule has 1 aliphatic heterocycles. The van der Waals surface area contributed by atoms with E-state index in [9.17, 15) is 14.4 Å². The zero-order valence-electron chi connectivity index (χ0n) is 18.8. The fourth-order valence-corrected chi connectivity index (χ4v) is 4.74. The van der Waals surface area contributed by atoms with Gasteiger partial charge in [0.2, 0.25) is 16.9 Å². The normalized spacial score (nSPS) is 15.4. The van der Waals surface area contributed by atoms with Crippen LogP contribution in [0.5, 0.6) is 0 Å². The first-order valence-electron chi connectivity index (χ1n) is 10.9. The van der Waals surface area contributed by atoms with Gasteiger partial charge in [0.05, 0.1) is 16.5 Å². The van der Waals surface area contributed by atoms with Crippen LogP contribution in [-0.4, -0.2) is 41.0 Å². The molecule has 1 aliphatic rings. The number of nitrogens with one attached hydrogen (secondary N) is 2. The summed E-state index contributed by atoms with van der Waals surface area (Å²) in [6, 6.07) is 12.7. The smallest absolute Gasteiger partial charge is 0.252 e. The minimum absolute atomic E-state index is 0.0685. The molecule has 0 saturated carbocycles. The maximum atomic E-state index is 12.8. The summed E-state index contributed by atoms with van der Waals surface area (Å²) < 4.78 is 0. The molecule has 2 aromatic carbocycles. The molecule has 10 heteroatoms. The molecule has 8 nitrogen and oxygen atoms in total. The molecule has 2 heterocycles. The monoisotopic (exact) mass is 497 g/mol. The first-order chi connectivity index (χ1) is 16.3. The molecule has 2 N–H and O–H groups in total. The lowest BCUT2D eigenvalue weighted by atomic mass is 10.1. The molecule has 1 unspecified atom stereocenters. The highest BCUT2D eigenvalue weighted by Crippen LogP contribution is 2.30. The Morgan fingerprint density at radius 2 is 1.94 bits per heavy atom. The van der Waals surface area contributed by atoms with E-state index >= 15 is 0 Å². The van der Waals surface area contributed by atoms with E-state index in [4.69, 9.17) is 11.6 Å². The number of carbonyl (C=O) groups is 3. The van der Waals surface area contributed by atoms with Gasteiger partial charge >= 0.3 is 0 Å². The molecule has 1 fully saturated rings. The third-order valence-electron chi connectivity index (χ3n) is 5.80. The van der Waals surface area contributed by atoms with E-state index in [1.54, 1.807) is 29.2 Å². The van der Waals surface area contributed by atoms with Crippen LogP contribution in [0, 0.1) is 19.8 Å². The molecule has 0 aliphatic carbocycles. The van der Waals surface area contributed by atoms with Gasteiger partial charge in [-0.25, -0.2) is 0 Å². The van der Waals surface area contributed by atoms with E-state index in [0.29, 0.717) is 40.2 Å². The number of carbonyl (C=O) groups excluding carboxylic acids is 3. The lowest BCUT2D eigenvalue weighted by molar-refractivity contribution is -0.122. The number of amides is 3. The van der Waals surface area contributed by atoms with Gasteiger partial charge in [0, 0.05) is 31.6 Å². The Morgan fingerprint density at radius 3 is 2.74 bits per heavy atom. The van der Waals surface area contributed by atoms with Crippen molar-refractivity contribution in [1.82, 2.24) is 15.5 Å². The van der Waals surface area contributed by atoms with Gasteiger partial charge < -0.3 is 15.5 Å². The number of aromatic nitrogens is 2. The number of anilines is 2. The van der Waals surface area contributed by atoms with Crippen molar-refractivity contribution in [2.75, 3.05) is 23.3 Å². The van der Waals surface area contributed by atoms with Crippen molar-refractivity contribution in [3.63, 3.8) is 0 Å². The van der Waals surface area contributed by atoms with Crippen LogP contribution < -0.4 is 15.5 Å². The van der Waals surface area contributed by atoms with E-state index in [-0.39, 0.29) is 24.1 Å². The Hall–Kier alpha value is -3.30. The van der Waals surface area contributed by atoms with E-state index < -0.39 is 5.92 Å². The van der Waals surface area contributed by atoms with Gasteiger partial charge in [-0.05, 0) is 43.2 Å². The van der Waals surface area contributed by atoms with Gasteiger partial charge in [-0.3, -0.25) is 14.4 Å². The summed E-state index contributed by atoms with van der Waals surface area (Å²) in [5.41, 5.74) is 3.39. The molecule has 1 aromatic heterocycles. The number of rotatable bonds is 7. The van der Waals surface area contributed by atoms with Gasteiger partial charge in [0.25, 0.3) is 5.91 Å². The molecule has 0 spiro atoms. The molecular weight excluding hydrogens is 474 g/mol. The van der Waals surface area contributed by atoms with Crippen molar-refractivity contribution in [1.29, 1.82) is 0 Å². The number of aryl methyl sites for hydroxylation is 1. The Bertz CT molecular complexity index is 1240. The fourth-order valence-electron chi connectivity index (χ4n) is 3.78. The SMILES string of the molecule is Cc1cccc(N2CC(C(=O)Nc3nnc(CCNC(=O)c4ccccc4Cl)s3)CC2=O)c1C. The first-order valence-corrected chi connectivity index (χ1v) is 12.1. The summed E-state index contributed by atoms with van der Waals surface area (Å²) in [7, 11) is 0. The van der Waals surface area contributed by atoms with Gasteiger partial charge in [0.15, 0.2) is 0 Å². The second kappa shape index (κ2) is 10.3. The lowest BCUT2D eigenvalue weighted by Crippen LogP contribution is -2.28. The molecule has 4 rings (SSSR count). The minimum atomic E-state index is -0.463. The van der Waals surface area contributed by atoms with Crippen LogP contribution >= 0.6 is 22.9 Å². The molecule has 176 valence electrons. The average molecular weight is 498 g/mol. The quantitative estimate of drug-likeness (QED) is 0.517. The maximum absolute atomic E-state index is 12.8. The van der Waals surface area contributed by atoms with Gasteiger partial charge in [-0.2, -0.15) is 0 Å². The molecule has 34 heavy (non-hydrogen) atoms. The summed E-state index contributed by atoms with van der Waals surface area (Å²) in [6.07, 6.45) is 0.616. The Morgan fingerprint density at radius 1 is 1.15 bits per heavy atom. The van der Waals surface area contributed by atoms with Crippen molar-refractivity contribution < 1.29 is 14.4 Å². The third-order valence-corrected chi connectivity index (χ3v) is 7.03. The number of halogens is 1. The largest absolute Gasteiger partial charge is 0.352 e. The van der Waals surface area contributed by atoms with Crippen molar-refractivity contribution in [3.8, 4) is 0 Å². The third kappa shape index (κ3) is 5.26. The molecule has 1 saturated heterocycles. The number of benzene rings is 2. The lowest BCUT2D eigenvalue weighted by Gasteiger charge is -2.20. The van der Waals surface area contributed by atoms with Crippen molar-refractivity contribution in [2.24, 2.45) is 5.92 Å². The molecule has 3 amide bonds. The van der Waals surface area contributed by atoms with Crippen LogP contribution in [-0.2, 0) is 16.0 Å². The van der Waals surface area contributed by atoms with Crippen LogP contribution in [0.4, 0.5) is 10.8 Å². The summed E-state index contributed by atoms with van der Waals surface area (Å²) in [4.78, 5) is 39.3. The summed E-state index contributed by atoms with van der Waals surface area (Å²) in [5, 5.41) is 15.1. The van der Waals surface area contributed by atoms with Gasteiger partial charge in [-0.15, -0.1) is 10.2 Å². The summed E-state index contributed by atoms with van der Waals surface area (Å²) >= 11 is 7.29. The van der Waals surface area contributed by atoms with Crippen LogP contribution in [0.1, 0.15) is 32.9 Å². The van der Waals surface area contributed by atoms with Crippen molar-refractivity contribution >= 4 is 51.5 Å². The van der Waals surface area contributed by atoms with E-state index in [2.05, 4.69) is 20.8 Å². The number of nitrogens with zero attached hydrogens (tertiary/aromatic N) is 3. The molecule has 1 atom stereocenters. The van der Waals surface area contributed by atoms with E-state index in [1.165, 1.54) is 11.3 Å². The number of hydrogen-bond acceptors (Lipinski definition) is 6. The predicted molar refractivity (Wildman–Crippen MR) is 132 cm³/mol. The van der Waals surface area contributed by atoms with Gasteiger partial charge in [-0.1, -0.05) is 47.2 Å². The first kappa shape index (κ1) is 23.8. The molecule has 3 aromatic rings. The van der Waals surface area contributed by atoms with Crippen LogP contribution in [0.3, 0.4) is 0 Å². The van der Waals surface area contributed by atoms with Gasteiger partial charge in [0.1, 0.15) is 5.01 Å². The average Bonchev–Trinajstić information content (AvgIpc) is 3.42. The van der Waals surface area contributed by atoms with Crippen LogP contribution in [0.2, 0.25) is 5.02 Å². The Labute approximate surface area is 206 Å². The highest BCUT2D eigenvalue weighted by molar-refractivity contribution is 7.15. The van der Waals surface area contributed by atoms with Crippen LogP contribution in [0.25, 0.3) is 0 Å². The van der Waals surface area contributed by atoms with E-state index in [0.717, 1.165) is 16.8 Å². The second-order valence-corrected chi connectivity index (χ2v) is 9.57. The van der Waals surface area contributed by atoms with Crippen molar-refractivity contribution in [2.45, 2.75) is 26.7 Å². The summed E-state index contributed by atoms with van der Waals surface area (Å²) in [6.45, 7) is 4.66. The standard InChI is InChI=1S/C24H24ClN5O3S/c1-14-6-5-9-19(15(14)2)30-13-16(12-21(30)31)22(32)27-24-29-28-20(34-24)10-11-26-23(33)17-7-3-4-8-18(17)25/h3-9,16H,10-13H2,1-2H3,(H,26,33)(H,27,29,32). The maximum Gasteiger partial charge on any atom is 0.252 e. The Kier molecular flexibility index (Phi) is 7.23. The molecule has 0 bridgehead atoms. The predicted octanol–water partition coefficient (Wildman–Crippen LogP) is 3.77. The Balaban J connectivity index is 1.29. The minimum Gasteiger partial charge on any atom is -0.352 e. The second-order valence-electron chi connectivity index (χ2n) is 8.10. The zero-order chi connectivity index (χ0) is 24.2. The molecule has 0 radical (unpaired) electrons.